The van der Waals surface area contributed by atoms with Gasteiger partial charge in [0.1, 0.15) is 5.78 Å². The first-order valence-corrected chi connectivity index (χ1v) is 7.01. The Morgan fingerprint density at radius 3 is 2.05 bits per heavy atom. The minimum atomic E-state index is -0.394. The van der Waals surface area contributed by atoms with E-state index < -0.39 is 5.41 Å². The maximum Gasteiger partial charge on any atom is 0.141 e. The van der Waals surface area contributed by atoms with Crippen molar-refractivity contribution in [3.05, 3.63) is 35.8 Å². The predicted molar refractivity (Wildman–Crippen MR) is 82.2 cm³/mol. The maximum absolute atomic E-state index is 12.7. The molecule has 0 amide bonds. The lowest BCUT2D eigenvalue weighted by molar-refractivity contribution is -0.131. The third-order valence-electron chi connectivity index (χ3n) is 3.13. The molecule has 0 N–H and O–H groups in total. The van der Waals surface area contributed by atoms with Crippen molar-refractivity contribution in [2.45, 2.75) is 54.4 Å². The van der Waals surface area contributed by atoms with Crippen molar-refractivity contribution in [2.75, 3.05) is 0 Å². The Labute approximate surface area is 121 Å². The molecule has 0 fully saturated rings. The summed E-state index contributed by atoms with van der Waals surface area (Å²) in [6.07, 6.45) is 1.27. The summed E-state index contributed by atoms with van der Waals surface area (Å²) in [4.78, 5) is 12.7. The van der Waals surface area contributed by atoms with E-state index in [4.69, 9.17) is 2.74 Å². The van der Waals surface area contributed by atoms with Crippen molar-refractivity contribution in [2.24, 2.45) is 16.7 Å². The van der Waals surface area contributed by atoms with Crippen molar-refractivity contribution >= 4 is 5.78 Å². The summed E-state index contributed by atoms with van der Waals surface area (Å²) in [6, 6.07) is 5.84. The van der Waals surface area contributed by atoms with Gasteiger partial charge in [0, 0.05) is 11.3 Å². The largest absolute Gasteiger partial charge is 0.299 e. The number of Topliss-reactive ketones (excluding diaryl/α,β-unsaturated/α-hetero) is 1. The Balaban J connectivity index is 3.11. The zero-order valence-electron chi connectivity index (χ0n) is 15.1. The third kappa shape index (κ3) is 5.59. The Hall–Kier alpha value is -1.11. The molecule has 0 saturated carbocycles. The van der Waals surface area contributed by atoms with E-state index in [0.717, 1.165) is 6.42 Å². The monoisotopic (exact) mass is 262 g/mol. The van der Waals surface area contributed by atoms with Crippen LogP contribution in [0.4, 0.5) is 0 Å². The fourth-order valence-electron chi connectivity index (χ4n) is 2.36. The molecule has 0 aliphatic carbocycles. The van der Waals surface area contributed by atoms with Gasteiger partial charge in [-0.15, -0.1) is 0 Å². The summed E-state index contributed by atoms with van der Waals surface area (Å²) < 4.78 is 16.0. The molecule has 0 saturated heterocycles. The Morgan fingerprint density at radius 1 is 1.11 bits per heavy atom. The van der Waals surface area contributed by atoms with Gasteiger partial charge in [0.25, 0.3) is 0 Å². The molecular weight excluding hydrogens is 232 g/mol. The van der Waals surface area contributed by atoms with Crippen molar-refractivity contribution in [3.8, 4) is 0 Å². The van der Waals surface area contributed by atoms with Gasteiger partial charge < -0.3 is 0 Å². The molecule has 0 aliphatic heterocycles. The van der Waals surface area contributed by atoms with Crippen LogP contribution in [-0.4, -0.2) is 5.78 Å². The van der Waals surface area contributed by atoms with E-state index in [-0.39, 0.29) is 17.1 Å². The molecule has 0 spiro atoms. The normalized spacial score (nSPS) is 15.7. The van der Waals surface area contributed by atoms with Gasteiger partial charge in [-0.1, -0.05) is 71.8 Å². The first kappa shape index (κ1) is 12.9. The number of ketones is 1. The molecule has 1 heteroatoms. The number of hydrogen-bond acceptors (Lipinski definition) is 1. The number of rotatable bonds is 4. The third-order valence-corrected chi connectivity index (χ3v) is 3.13. The van der Waals surface area contributed by atoms with Gasteiger partial charge in [-0.05, 0) is 23.8 Å². The Kier molecular flexibility index (Phi) is 4.00. The second-order valence-electron chi connectivity index (χ2n) is 7.57. The first-order valence-electron chi connectivity index (χ1n) is 8.01. The van der Waals surface area contributed by atoms with Gasteiger partial charge in [-0.2, -0.15) is 0 Å². The fraction of sp³-hybridized carbons (Fsp3) is 0.611. The van der Waals surface area contributed by atoms with Gasteiger partial charge in [0.15, 0.2) is 0 Å². The van der Waals surface area contributed by atoms with E-state index in [2.05, 4.69) is 20.8 Å². The van der Waals surface area contributed by atoms with Crippen LogP contribution >= 0.6 is 0 Å². The molecule has 106 valence electrons. The molecule has 0 heterocycles. The second-order valence-corrected chi connectivity index (χ2v) is 7.57. The molecule has 0 aliphatic rings. The number of carbonyl (C=O) groups is 1. The number of benzene rings is 1. The maximum atomic E-state index is 12.7. The zero-order valence-corrected chi connectivity index (χ0v) is 13.1. The molecule has 0 unspecified atom stereocenters. The van der Waals surface area contributed by atoms with E-state index >= 15 is 0 Å². The van der Waals surface area contributed by atoms with E-state index in [9.17, 15) is 4.79 Å². The highest BCUT2D eigenvalue weighted by Gasteiger charge is 2.32. The minimum absolute atomic E-state index is 0.0464. The molecule has 1 atom stereocenters. The fourth-order valence-corrected chi connectivity index (χ4v) is 2.36. The highest BCUT2D eigenvalue weighted by molar-refractivity contribution is 5.86. The van der Waals surface area contributed by atoms with Gasteiger partial charge in [-0.25, -0.2) is 0 Å². The summed E-state index contributed by atoms with van der Waals surface area (Å²) in [6.45, 7) is 12.2. The Morgan fingerprint density at radius 2 is 1.63 bits per heavy atom. The lowest BCUT2D eigenvalue weighted by atomic mass is 9.73. The van der Waals surface area contributed by atoms with Gasteiger partial charge in [0.2, 0.25) is 0 Å². The molecule has 1 rings (SSSR count). The van der Waals surface area contributed by atoms with Crippen molar-refractivity contribution in [3.63, 3.8) is 0 Å². The number of carbonyl (C=O) groups excluding carboxylic acids is 1. The SMILES string of the molecule is [2H]c1cccc([2H])c1C[C@H](CC(C)(C)C)C(=O)C(C)(C)C. The van der Waals surface area contributed by atoms with Crippen LogP contribution in [0.5, 0.6) is 0 Å². The minimum Gasteiger partial charge on any atom is -0.299 e. The second kappa shape index (κ2) is 5.90. The average molecular weight is 262 g/mol. The molecule has 0 aromatic heterocycles. The topological polar surface area (TPSA) is 17.1 Å². The van der Waals surface area contributed by atoms with Gasteiger partial charge >= 0.3 is 0 Å². The van der Waals surface area contributed by atoms with Crippen LogP contribution in [0.1, 0.15) is 56.3 Å². The zero-order chi connectivity index (χ0) is 16.4. The summed E-state index contributed by atoms with van der Waals surface area (Å²) in [7, 11) is 0. The van der Waals surface area contributed by atoms with Crippen LogP contribution in [0.3, 0.4) is 0 Å². The lowest BCUT2D eigenvalue weighted by Crippen LogP contribution is -2.32. The molecule has 19 heavy (non-hydrogen) atoms. The first-order chi connectivity index (χ1) is 9.42. The molecular formula is C18H28O. The average Bonchev–Trinajstić information content (AvgIpc) is 2.29. The van der Waals surface area contributed by atoms with E-state index in [1.165, 1.54) is 0 Å². The smallest absolute Gasteiger partial charge is 0.141 e. The summed E-state index contributed by atoms with van der Waals surface area (Å²) >= 11 is 0. The molecule has 0 bridgehead atoms. The van der Waals surface area contributed by atoms with E-state index in [1.807, 2.05) is 20.8 Å². The van der Waals surface area contributed by atoms with Gasteiger partial charge in [0.05, 0.1) is 2.74 Å². The highest BCUT2D eigenvalue weighted by Crippen LogP contribution is 2.32. The summed E-state index contributed by atoms with van der Waals surface area (Å²) in [5.74, 6) is 0.0840. The molecule has 1 aromatic carbocycles. The molecule has 1 nitrogen and oxygen atoms in total. The Bertz CT molecular complexity index is 487. The predicted octanol–water partition coefficient (Wildman–Crippen LogP) is 4.90. The number of hydrogen-bond donors (Lipinski definition) is 0. The summed E-state index contributed by atoms with van der Waals surface area (Å²) in [5, 5.41) is 0. The highest BCUT2D eigenvalue weighted by atomic mass is 16.1. The van der Waals surface area contributed by atoms with Crippen molar-refractivity contribution in [1.82, 2.24) is 0 Å². The quantitative estimate of drug-likeness (QED) is 0.754. The van der Waals surface area contributed by atoms with Crippen LogP contribution in [0.15, 0.2) is 30.3 Å². The van der Waals surface area contributed by atoms with Crippen LogP contribution in [0.2, 0.25) is 0 Å². The molecule has 1 aromatic rings. The molecule has 0 radical (unpaired) electrons. The van der Waals surface area contributed by atoms with Crippen LogP contribution in [0.25, 0.3) is 0 Å². The standard InChI is InChI=1S/C18H28O/c1-17(2,3)13-15(16(19)18(4,5)6)12-14-10-8-7-9-11-14/h7-11,15H,12-13H2,1-6H3/t15-/m1/s1/i10D,11D. The van der Waals surface area contributed by atoms with Gasteiger partial charge in [-0.3, -0.25) is 4.79 Å². The van der Waals surface area contributed by atoms with Crippen LogP contribution < -0.4 is 0 Å². The van der Waals surface area contributed by atoms with E-state index in [0.29, 0.717) is 24.1 Å². The van der Waals surface area contributed by atoms with Crippen LogP contribution in [-0.2, 0) is 11.2 Å². The van der Waals surface area contributed by atoms with Crippen molar-refractivity contribution < 1.29 is 7.54 Å². The van der Waals surface area contributed by atoms with Crippen molar-refractivity contribution in [1.29, 1.82) is 0 Å². The van der Waals surface area contributed by atoms with E-state index in [1.54, 1.807) is 18.2 Å². The lowest BCUT2D eigenvalue weighted by Gasteiger charge is -2.30. The van der Waals surface area contributed by atoms with Crippen LogP contribution in [0, 0.1) is 16.7 Å². The summed E-state index contributed by atoms with van der Waals surface area (Å²) in [5.41, 5.74) is 0.337.